The Bertz CT molecular complexity index is 585. The van der Waals surface area contributed by atoms with Gasteiger partial charge in [-0.25, -0.2) is 8.42 Å². The van der Waals surface area contributed by atoms with Gasteiger partial charge in [0, 0.05) is 18.8 Å². The smallest absolute Gasteiger partial charge is 0.257 e. The molecular weight excluding hydrogens is 268 g/mol. The maximum Gasteiger partial charge on any atom is 0.257 e. The van der Waals surface area contributed by atoms with Crippen molar-refractivity contribution in [3.8, 4) is 5.75 Å². The number of nitrogens with zero attached hydrogens (tertiary/aromatic N) is 2. The first kappa shape index (κ1) is 13.8. The normalized spacial score (nSPS) is 21.2. The molecule has 1 aliphatic rings. The molecule has 1 amide bonds. The highest BCUT2D eigenvalue weighted by molar-refractivity contribution is 7.91. The number of amides is 1. The summed E-state index contributed by atoms with van der Waals surface area (Å²) in [4.78, 5) is 17.6. The van der Waals surface area contributed by atoms with Gasteiger partial charge in [0.25, 0.3) is 5.91 Å². The lowest BCUT2D eigenvalue weighted by molar-refractivity contribution is 0.0705. The van der Waals surface area contributed by atoms with Crippen molar-refractivity contribution in [3.05, 3.63) is 24.0 Å². The van der Waals surface area contributed by atoms with Gasteiger partial charge in [-0.2, -0.15) is 0 Å². The highest BCUT2D eigenvalue weighted by Gasteiger charge is 2.34. The van der Waals surface area contributed by atoms with E-state index in [9.17, 15) is 18.3 Å². The highest BCUT2D eigenvalue weighted by atomic mass is 32.2. The van der Waals surface area contributed by atoms with Crippen LogP contribution < -0.4 is 0 Å². The zero-order chi connectivity index (χ0) is 14.0. The lowest BCUT2D eigenvalue weighted by Crippen LogP contribution is -2.41. The summed E-state index contributed by atoms with van der Waals surface area (Å²) in [5.41, 5.74) is 0.154. The Morgan fingerprint density at radius 3 is 2.84 bits per heavy atom. The molecule has 1 N–H and O–H groups in total. The largest absolute Gasteiger partial charge is 0.505 e. The Labute approximate surface area is 112 Å². The number of carbonyl (C=O) groups is 1. The molecule has 7 heteroatoms. The van der Waals surface area contributed by atoms with Gasteiger partial charge in [-0.1, -0.05) is 0 Å². The summed E-state index contributed by atoms with van der Waals surface area (Å²) in [6.45, 7) is 2.20. The third-order valence-corrected chi connectivity index (χ3v) is 5.03. The maximum atomic E-state index is 12.3. The van der Waals surface area contributed by atoms with Crippen LogP contribution in [0.4, 0.5) is 0 Å². The Morgan fingerprint density at radius 2 is 2.32 bits per heavy atom. The van der Waals surface area contributed by atoms with E-state index in [1.807, 2.05) is 0 Å². The van der Waals surface area contributed by atoms with E-state index < -0.39 is 9.84 Å². The number of aromatic nitrogens is 1. The summed E-state index contributed by atoms with van der Waals surface area (Å²) in [6, 6.07) is 1.12. The second-order valence-corrected chi connectivity index (χ2v) is 6.77. The fraction of sp³-hybridized carbons (Fsp3) is 0.500. The Hall–Kier alpha value is -1.63. The quantitative estimate of drug-likeness (QED) is 0.870. The molecule has 1 unspecified atom stereocenters. The van der Waals surface area contributed by atoms with Crippen LogP contribution in [-0.4, -0.2) is 53.4 Å². The molecule has 1 aromatic heterocycles. The number of hydrogen-bond acceptors (Lipinski definition) is 5. The zero-order valence-corrected chi connectivity index (χ0v) is 11.4. The van der Waals surface area contributed by atoms with Crippen molar-refractivity contribution in [3.63, 3.8) is 0 Å². The van der Waals surface area contributed by atoms with Crippen molar-refractivity contribution in [2.75, 3.05) is 18.1 Å². The van der Waals surface area contributed by atoms with Crippen LogP contribution in [0.2, 0.25) is 0 Å². The zero-order valence-electron chi connectivity index (χ0n) is 10.6. The molecule has 0 spiro atoms. The van der Waals surface area contributed by atoms with Gasteiger partial charge in [-0.15, -0.1) is 0 Å². The van der Waals surface area contributed by atoms with Crippen molar-refractivity contribution in [1.29, 1.82) is 0 Å². The minimum absolute atomic E-state index is 0.00156. The SMILES string of the molecule is CCN(C(=O)c1ccncc1O)C1CCS(=O)(=O)C1. The molecule has 0 saturated carbocycles. The number of rotatable bonds is 3. The fourth-order valence-corrected chi connectivity index (χ4v) is 4.04. The topological polar surface area (TPSA) is 87.6 Å². The van der Waals surface area contributed by atoms with Crippen LogP contribution in [0.3, 0.4) is 0 Å². The van der Waals surface area contributed by atoms with E-state index in [2.05, 4.69) is 4.98 Å². The van der Waals surface area contributed by atoms with Crippen molar-refractivity contribution in [1.82, 2.24) is 9.88 Å². The second kappa shape index (κ2) is 5.16. The van der Waals surface area contributed by atoms with Gasteiger partial charge in [-0.05, 0) is 19.4 Å². The van der Waals surface area contributed by atoms with Crippen molar-refractivity contribution in [2.45, 2.75) is 19.4 Å². The number of aromatic hydroxyl groups is 1. The molecule has 19 heavy (non-hydrogen) atoms. The molecule has 0 radical (unpaired) electrons. The van der Waals surface area contributed by atoms with E-state index >= 15 is 0 Å². The predicted octanol–water partition coefficient (Wildman–Crippen LogP) is 0.436. The van der Waals surface area contributed by atoms with Crippen molar-refractivity contribution in [2.24, 2.45) is 0 Å². The molecule has 1 fully saturated rings. The molecule has 0 aromatic carbocycles. The van der Waals surface area contributed by atoms with Gasteiger partial charge in [0.1, 0.15) is 5.75 Å². The minimum atomic E-state index is -3.05. The molecule has 0 aliphatic carbocycles. The van der Waals surface area contributed by atoms with Crippen molar-refractivity contribution >= 4 is 15.7 Å². The van der Waals surface area contributed by atoms with Crippen LogP contribution in [0.1, 0.15) is 23.7 Å². The van der Waals surface area contributed by atoms with Crippen LogP contribution in [-0.2, 0) is 9.84 Å². The number of sulfone groups is 1. The standard InChI is InChI=1S/C12H16N2O4S/c1-2-14(9-4-6-19(17,18)8-9)12(16)10-3-5-13-7-11(10)15/h3,5,7,9,15H,2,4,6,8H2,1H3. The van der Waals surface area contributed by atoms with Crippen molar-refractivity contribution < 1.29 is 18.3 Å². The van der Waals surface area contributed by atoms with Crippen LogP contribution >= 0.6 is 0 Å². The van der Waals surface area contributed by atoms with E-state index in [1.54, 1.807) is 6.92 Å². The van der Waals surface area contributed by atoms with E-state index in [0.717, 1.165) is 0 Å². The molecule has 104 valence electrons. The fourth-order valence-electron chi connectivity index (χ4n) is 2.31. The average molecular weight is 284 g/mol. The van der Waals surface area contributed by atoms with Gasteiger partial charge in [0.2, 0.25) is 0 Å². The maximum absolute atomic E-state index is 12.3. The highest BCUT2D eigenvalue weighted by Crippen LogP contribution is 2.22. The number of pyridine rings is 1. The summed E-state index contributed by atoms with van der Waals surface area (Å²) >= 11 is 0. The van der Waals surface area contributed by atoms with Crippen LogP contribution in [0.5, 0.6) is 5.75 Å². The molecule has 1 aliphatic heterocycles. The molecule has 1 atom stereocenters. The van der Waals surface area contributed by atoms with Gasteiger partial charge >= 0.3 is 0 Å². The van der Waals surface area contributed by atoms with Crippen LogP contribution in [0.15, 0.2) is 18.5 Å². The molecule has 2 heterocycles. The average Bonchev–Trinajstić information content (AvgIpc) is 2.71. The third kappa shape index (κ3) is 2.86. The molecule has 6 nitrogen and oxygen atoms in total. The molecule has 1 saturated heterocycles. The molecular formula is C12H16N2O4S. The summed E-state index contributed by atoms with van der Waals surface area (Å²) < 4.78 is 23.0. The summed E-state index contributed by atoms with van der Waals surface area (Å²) in [5.74, 6) is -0.432. The molecule has 0 bridgehead atoms. The Morgan fingerprint density at radius 1 is 1.58 bits per heavy atom. The van der Waals surface area contributed by atoms with Gasteiger partial charge in [0.15, 0.2) is 9.84 Å². The van der Waals surface area contributed by atoms with E-state index in [4.69, 9.17) is 0 Å². The predicted molar refractivity (Wildman–Crippen MR) is 69.7 cm³/mol. The van der Waals surface area contributed by atoms with E-state index in [-0.39, 0.29) is 34.8 Å². The Kier molecular flexibility index (Phi) is 3.75. The van der Waals surface area contributed by atoms with E-state index in [1.165, 1.54) is 23.4 Å². The van der Waals surface area contributed by atoms with Gasteiger partial charge in [0.05, 0.1) is 23.3 Å². The minimum Gasteiger partial charge on any atom is -0.505 e. The molecule has 1 aromatic rings. The summed E-state index contributed by atoms with van der Waals surface area (Å²) in [5, 5.41) is 9.64. The lowest BCUT2D eigenvalue weighted by Gasteiger charge is -2.27. The summed E-state index contributed by atoms with van der Waals surface area (Å²) in [6.07, 6.45) is 3.08. The Balaban J connectivity index is 2.24. The number of hydrogen-bond donors (Lipinski definition) is 1. The van der Waals surface area contributed by atoms with Gasteiger partial charge < -0.3 is 10.0 Å². The van der Waals surface area contributed by atoms with Gasteiger partial charge in [-0.3, -0.25) is 9.78 Å². The van der Waals surface area contributed by atoms with Crippen LogP contribution in [0.25, 0.3) is 0 Å². The van der Waals surface area contributed by atoms with E-state index in [0.29, 0.717) is 13.0 Å². The van der Waals surface area contributed by atoms with Crippen LogP contribution in [0, 0.1) is 0 Å². The first-order valence-corrected chi connectivity index (χ1v) is 7.91. The first-order chi connectivity index (χ1) is 8.94. The molecule has 2 rings (SSSR count). The second-order valence-electron chi connectivity index (χ2n) is 4.54. The number of carbonyl (C=O) groups excluding carboxylic acids is 1. The summed E-state index contributed by atoms with van der Waals surface area (Å²) in [7, 11) is -3.05. The first-order valence-electron chi connectivity index (χ1n) is 6.09. The third-order valence-electron chi connectivity index (χ3n) is 3.28. The monoisotopic (exact) mass is 284 g/mol. The lowest BCUT2D eigenvalue weighted by atomic mass is 10.1.